The van der Waals surface area contributed by atoms with E-state index in [4.69, 9.17) is 9.15 Å². The molecular weight excluding hydrogens is 500 g/mol. The van der Waals surface area contributed by atoms with Gasteiger partial charge in [0, 0.05) is 13.1 Å². The van der Waals surface area contributed by atoms with Crippen LogP contribution in [0.4, 0.5) is 5.13 Å². The zero-order chi connectivity index (χ0) is 24.5. The third-order valence-corrected chi connectivity index (χ3v) is 8.17. The molecule has 1 amide bonds. The van der Waals surface area contributed by atoms with E-state index in [9.17, 15) is 18.0 Å². The minimum atomic E-state index is -4.08. The largest absolute Gasteiger partial charge is 0.497 e. The minimum absolute atomic E-state index is 0.108. The van der Waals surface area contributed by atoms with Gasteiger partial charge in [-0.2, -0.15) is 16.5 Å². The van der Waals surface area contributed by atoms with Gasteiger partial charge < -0.3 is 14.5 Å². The Bertz CT molecular complexity index is 1520. The summed E-state index contributed by atoms with van der Waals surface area (Å²) >= 11 is 2.76. The Labute approximate surface area is 203 Å². The molecule has 4 aromatic rings. The lowest BCUT2D eigenvalue weighted by Crippen LogP contribution is -2.44. The number of anilines is 1. The van der Waals surface area contributed by atoms with Crippen molar-refractivity contribution in [3.8, 4) is 5.75 Å². The lowest BCUT2D eigenvalue weighted by molar-refractivity contribution is -0.117. The molecule has 180 valence electrons. The molecule has 2 aromatic carbocycles. The monoisotopic (exact) mass is 522 g/mol. The molecule has 1 atom stereocenters. The van der Waals surface area contributed by atoms with Crippen LogP contribution in [0.1, 0.15) is 6.42 Å². The fourth-order valence-corrected chi connectivity index (χ4v) is 5.91. The van der Waals surface area contributed by atoms with E-state index in [2.05, 4.69) is 15.0 Å². The van der Waals surface area contributed by atoms with Crippen molar-refractivity contribution in [3.63, 3.8) is 0 Å². The van der Waals surface area contributed by atoms with Crippen LogP contribution in [-0.4, -0.2) is 49.0 Å². The summed E-state index contributed by atoms with van der Waals surface area (Å²) in [5.41, 5.74) is 1.30. The van der Waals surface area contributed by atoms with Crippen molar-refractivity contribution in [1.82, 2.24) is 14.3 Å². The fourth-order valence-electron chi connectivity index (χ4n) is 3.29. The van der Waals surface area contributed by atoms with Gasteiger partial charge in [0.2, 0.25) is 15.9 Å². The van der Waals surface area contributed by atoms with Crippen molar-refractivity contribution in [2.45, 2.75) is 17.4 Å². The minimum Gasteiger partial charge on any atom is -0.497 e. The van der Waals surface area contributed by atoms with Gasteiger partial charge in [0.25, 0.3) is 0 Å². The zero-order valence-corrected chi connectivity index (χ0v) is 21.0. The highest BCUT2D eigenvalue weighted by molar-refractivity contribution is 7.98. The maximum absolute atomic E-state index is 13.1. The summed E-state index contributed by atoms with van der Waals surface area (Å²) < 4.78 is 41.0. The number of sulfonamides is 1. The van der Waals surface area contributed by atoms with E-state index in [0.717, 1.165) is 4.70 Å². The van der Waals surface area contributed by atoms with Gasteiger partial charge in [0.15, 0.2) is 10.7 Å². The Morgan fingerprint density at radius 3 is 2.82 bits per heavy atom. The molecule has 0 spiro atoms. The molecule has 34 heavy (non-hydrogen) atoms. The maximum Gasteiger partial charge on any atom is 0.419 e. The number of thioether (sulfide) groups is 1. The normalized spacial score (nSPS) is 12.8. The number of methoxy groups -OCH3 is 1. The number of fused-ring (bicyclic) bond motifs is 2. The molecule has 0 unspecified atom stereocenters. The standard InChI is InChI=1S/C21H22N4O6S3/c1-25-16-7-5-13(11-17(16)31-21(25)27)34(28,29)24-15(8-9-32-3)19(26)23-20-22-14-6-4-12(30-2)10-18(14)33-20/h4-7,10-11,15,24H,8-9H2,1-3H3,(H,22,23,26)/t15-/m0/s1. The van der Waals surface area contributed by atoms with Crippen LogP contribution < -0.4 is 20.5 Å². The molecule has 4 rings (SSSR count). The van der Waals surface area contributed by atoms with Crippen molar-refractivity contribution < 1.29 is 22.4 Å². The topological polar surface area (TPSA) is 133 Å². The summed E-state index contributed by atoms with van der Waals surface area (Å²) in [6.07, 6.45) is 2.14. The van der Waals surface area contributed by atoms with Gasteiger partial charge in [0.1, 0.15) is 11.8 Å². The van der Waals surface area contributed by atoms with Crippen LogP contribution in [0, 0.1) is 0 Å². The average molecular weight is 523 g/mol. The Hall–Kier alpha value is -2.87. The van der Waals surface area contributed by atoms with Gasteiger partial charge in [-0.3, -0.25) is 9.36 Å². The predicted octanol–water partition coefficient (Wildman–Crippen LogP) is 2.79. The van der Waals surface area contributed by atoms with E-state index < -0.39 is 27.7 Å². The summed E-state index contributed by atoms with van der Waals surface area (Å²) in [4.78, 5) is 29.0. The van der Waals surface area contributed by atoms with Gasteiger partial charge >= 0.3 is 5.76 Å². The first-order chi connectivity index (χ1) is 16.2. The number of nitrogens with zero attached hydrogens (tertiary/aromatic N) is 2. The highest BCUT2D eigenvalue weighted by Gasteiger charge is 2.27. The molecule has 0 fully saturated rings. The number of benzene rings is 2. The zero-order valence-electron chi connectivity index (χ0n) is 18.5. The number of carbonyl (C=O) groups is 1. The molecule has 0 saturated heterocycles. The molecule has 0 aliphatic carbocycles. The van der Waals surface area contributed by atoms with Crippen LogP contribution in [0.3, 0.4) is 0 Å². The lowest BCUT2D eigenvalue weighted by Gasteiger charge is -2.17. The highest BCUT2D eigenvalue weighted by atomic mass is 32.2. The number of amides is 1. The second kappa shape index (κ2) is 9.78. The number of hydrogen-bond donors (Lipinski definition) is 2. The van der Waals surface area contributed by atoms with E-state index in [0.29, 0.717) is 27.7 Å². The smallest absolute Gasteiger partial charge is 0.419 e. The molecule has 0 saturated carbocycles. The first-order valence-corrected chi connectivity index (χ1v) is 13.8. The molecule has 0 radical (unpaired) electrons. The maximum atomic E-state index is 13.1. The Morgan fingerprint density at radius 2 is 2.09 bits per heavy atom. The van der Waals surface area contributed by atoms with E-state index in [-0.39, 0.29) is 16.9 Å². The molecule has 0 bridgehead atoms. The molecule has 10 nitrogen and oxygen atoms in total. The molecule has 2 heterocycles. The number of hydrogen-bond acceptors (Lipinski definition) is 9. The van der Waals surface area contributed by atoms with Gasteiger partial charge in [0.05, 0.1) is 27.7 Å². The quantitative estimate of drug-likeness (QED) is 0.343. The average Bonchev–Trinajstić information content (AvgIpc) is 3.34. The Kier molecular flexibility index (Phi) is 6.98. The molecule has 0 aliphatic rings. The van der Waals surface area contributed by atoms with Crippen LogP contribution in [-0.2, 0) is 21.9 Å². The highest BCUT2D eigenvalue weighted by Crippen LogP contribution is 2.29. The summed E-state index contributed by atoms with van der Waals surface area (Å²) in [5, 5.41) is 3.08. The SMILES string of the molecule is COc1ccc2nc(NC(=O)[C@H](CCSC)NS(=O)(=O)c3ccc4c(c3)oc(=O)n4C)sc2c1. The van der Waals surface area contributed by atoms with Gasteiger partial charge in [-0.1, -0.05) is 11.3 Å². The Balaban J connectivity index is 1.57. The van der Waals surface area contributed by atoms with Crippen molar-refractivity contribution in [2.75, 3.05) is 24.4 Å². The predicted molar refractivity (Wildman–Crippen MR) is 133 cm³/mol. The molecule has 0 aliphatic heterocycles. The number of carbonyl (C=O) groups excluding carboxylic acids is 1. The number of aryl methyl sites for hydroxylation is 1. The third kappa shape index (κ3) is 4.97. The lowest BCUT2D eigenvalue weighted by atomic mass is 10.2. The number of rotatable bonds is 9. The van der Waals surface area contributed by atoms with E-state index >= 15 is 0 Å². The van der Waals surface area contributed by atoms with E-state index in [1.807, 2.05) is 12.3 Å². The van der Waals surface area contributed by atoms with Crippen molar-refractivity contribution in [1.29, 1.82) is 0 Å². The second-order valence-corrected chi connectivity index (χ2v) is 11.1. The first-order valence-electron chi connectivity index (χ1n) is 10.1. The molecule has 2 N–H and O–H groups in total. The summed E-state index contributed by atoms with van der Waals surface area (Å²) in [6, 6.07) is 8.46. The van der Waals surface area contributed by atoms with Gasteiger partial charge in [-0.25, -0.2) is 18.2 Å². The second-order valence-electron chi connectivity index (χ2n) is 7.35. The van der Waals surface area contributed by atoms with Crippen molar-refractivity contribution >= 4 is 65.5 Å². The van der Waals surface area contributed by atoms with Crippen molar-refractivity contribution in [2.24, 2.45) is 7.05 Å². The van der Waals surface area contributed by atoms with E-state index in [1.54, 1.807) is 19.2 Å². The number of nitrogens with one attached hydrogen (secondary N) is 2. The first kappa shape index (κ1) is 24.3. The molecule has 2 aromatic heterocycles. The van der Waals surface area contributed by atoms with Crippen LogP contribution in [0.5, 0.6) is 5.75 Å². The van der Waals surface area contributed by atoms with Gasteiger partial charge in [-0.05, 0) is 48.8 Å². The number of ether oxygens (including phenoxy) is 1. The molecule has 13 heteroatoms. The van der Waals surface area contributed by atoms with E-state index in [1.165, 1.54) is 52.9 Å². The van der Waals surface area contributed by atoms with Crippen LogP contribution in [0.25, 0.3) is 21.3 Å². The summed E-state index contributed by atoms with van der Waals surface area (Å²) in [6.45, 7) is 0. The summed E-state index contributed by atoms with van der Waals surface area (Å²) in [7, 11) is -0.986. The summed E-state index contributed by atoms with van der Waals surface area (Å²) in [5.74, 6) is 0.120. The van der Waals surface area contributed by atoms with Crippen LogP contribution in [0.2, 0.25) is 0 Å². The number of thiazole rings is 1. The number of oxazole rings is 1. The number of aromatic nitrogens is 2. The Morgan fingerprint density at radius 1 is 1.29 bits per heavy atom. The third-order valence-electron chi connectivity index (χ3n) is 5.12. The fraction of sp³-hybridized carbons (Fsp3) is 0.286. The van der Waals surface area contributed by atoms with Gasteiger partial charge in [-0.15, -0.1) is 0 Å². The van der Waals surface area contributed by atoms with Crippen LogP contribution in [0.15, 0.2) is 50.5 Å². The van der Waals surface area contributed by atoms with Crippen LogP contribution >= 0.6 is 23.1 Å². The molecular formula is C21H22N4O6S3. The van der Waals surface area contributed by atoms with Crippen molar-refractivity contribution in [3.05, 3.63) is 46.9 Å².